The molecular formula is C15H15Cl2N3O. The molecule has 6 heteroatoms. The minimum absolute atomic E-state index is 0.0128. The molecule has 2 aromatic rings. The minimum atomic E-state index is -0.182. The molecule has 1 heterocycles. The maximum Gasteiger partial charge on any atom is 0.238 e. The molecule has 110 valence electrons. The first-order chi connectivity index (χ1) is 10.1. The number of pyridine rings is 1. The van der Waals surface area contributed by atoms with Crippen LogP contribution in [0.3, 0.4) is 0 Å². The minimum Gasteiger partial charge on any atom is -0.322 e. The predicted molar refractivity (Wildman–Crippen MR) is 85.7 cm³/mol. The van der Waals surface area contributed by atoms with Crippen LogP contribution in [0.15, 0.2) is 42.6 Å². The van der Waals surface area contributed by atoms with Crippen molar-refractivity contribution in [1.29, 1.82) is 0 Å². The molecule has 1 amide bonds. The molecule has 0 fully saturated rings. The van der Waals surface area contributed by atoms with Gasteiger partial charge >= 0.3 is 0 Å². The van der Waals surface area contributed by atoms with Gasteiger partial charge < -0.3 is 10.6 Å². The smallest absolute Gasteiger partial charge is 0.238 e. The molecule has 0 aliphatic rings. The first kappa shape index (κ1) is 15.8. The third kappa shape index (κ3) is 4.70. The van der Waals surface area contributed by atoms with Gasteiger partial charge in [0.2, 0.25) is 5.91 Å². The van der Waals surface area contributed by atoms with E-state index in [4.69, 9.17) is 23.2 Å². The maximum atomic E-state index is 11.9. The molecule has 0 spiro atoms. The lowest BCUT2D eigenvalue weighted by molar-refractivity contribution is -0.115. The number of hydrogen-bond donors (Lipinski definition) is 2. The monoisotopic (exact) mass is 323 g/mol. The van der Waals surface area contributed by atoms with Gasteiger partial charge in [0.05, 0.1) is 12.2 Å². The number of aromatic nitrogens is 1. The summed E-state index contributed by atoms with van der Waals surface area (Å²) in [6, 6.07) is 10.9. The standard InChI is InChI=1S/C15H15Cl2N3O/c1-10(11-4-2-5-12(16)8-11)19-9-14(21)20-13-6-3-7-18-15(13)17/h2-8,10,19H,9H2,1H3,(H,20,21)/t10-/m0/s1. The Morgan fingerprint density at radius 2 is 2.10 bits per heavy atom. The zero-order valence-corrected chi connectivity index (χ0v) is 12.9. The number of carbonyl (C=O) groups is 1. The largest absolute Gasteiger partial charge is 0.322 e. The summed E-state index contributed by atoms with van der Waals surface area (Å²) in [6.45, 7) is 2.13. The second-order valence-electron chi connectivity index (χ2n) is 4.55. The number of hydrogen-bond acceptors (Lipinski definition) is 3. The Hall–Kier alpha value is -1.62. The average molecular weight is 324 g/mol. The fraction of sp³-hybridized carbons (Fsp3) is 0.200. The summed E-state index contributed by atoms with van der Waals surface area (Å²) in [6.07, 6.45) is 1.57. The van der Waals surface area contributed by atoms with Crippen molar-refractivity contribution < 1.29 is 4.79 Å². The lowest BCUT2D eigenvalue weighted by atomic mass is 10.1. The Kier molecular flexibility index (Phi) is 5.56. The highest BCUT2D eigenvalue weighted by atomic mass is 35.5. The predicted octanol–water partition coefficient (Wildman–Crippen LogP) is 3.68. The highest BCUT2D eigenvalue weighted by molar-refractivity contribution is 6.32. The van der Waals surface area contributed by atoms with Gasteiger partial charge in [-0.1, -0.05) is 35.3 Å². The van der Waals surface area contributed by atoms with Crippen molar-refractivity contribution in [1.82, 2.24) is 10.3 Å². The van der Waals surface area contributed by atoms with Crippen LogP contribution in [0.4, 0.5) is 5.69 Å². The summed E-state index contributed by atoms with van der Waals surface area (Å²) < 4.78 is 0. The van der Waals surface area contributed by atoms with Crippen molar-refractivity contribution in [2.24, 2.45) is 0 Å². The number of anilines is 1. The van der Waals surface area contributed by atoms with Gasteiger partial charge in [0.1, 0.15) is 0 Å². The van der Waals surface area contributed by atoms with Crippen LogP contribution in [0.5, 0.6) is 0 Å². The Balaban J connectivity index is 1.88. The van der Waals surface area contributed by atoms with E-state index < -0.39 is 0 Å². The molecule has 0 radical (unpaired) electrons. The summed E-state index contributed by atoms with van der Waals surface area (Å²) in [5.74, 6) is -0.182. The first-order valence-electron chi connectivity index (χ1n) is 6.45. The van der Waals surface area contributed by atoms with Gasteiger partial charge in [-0.05, 0) is 36.8 Å². The van der Waals surface area contributed by atoms with Gasteiger partial charge in [-0.2, -0.15) is 0 Å². The lowest BCUT2D eigenvalue weighted by Crippen LogP contribution is -2.30. The Morgan fingerprint density at radius 3 is 2.81 bits per heavy atom. The van der Waals surface area contributed by atoms with E-state index in [2.05, 4.69) is 15.6 Å². The molecule has 1 atom stereocenters. The van der Waals surface area contributed by atoms with Crippen LogP contribution in [0.2, 0.25) is 10.2 Å². The zero-order valence-electron chi connectivity index (χ0n) is 11.4. The van der Waals surface area contributed by atoms with E-state index in [0.717, 1.165) is 5.56 Å². The second kappa shape index (κ2) is 7.41. The summed E-state index contributed by atoms with van der Waals surface area (Å²) in [5.41, 5.74) is 1.52. The van der Waals surface area contributed by atoms with E-state index in [9.17, 15) is 4.79 Å². The molecule has 1 aromatic heterocycles. The molecular weight excluding hydrogens is 309 g/mol. The van der Waals surface area contributed by atoms with Crippen molar-refractivity contribution in [2.75, 3.05) is 11.9 Å². The van der Waals surface area contributed by atoms with Crippen LogP contribution in [0, 0.1) is 0 Å². The Bertz CT molecular complexity index is 634. The van der Waals surface area contributed by atoms with E-state index in [1.807, 2.05) is 31.2 Å². The third-order valence-electron chi connectivity index (χ3n) is 2.95. The Labute approximate surface area is 133 Å². The molecule has 0 bridgehead atoms. The third-order valence-corrected chi connectivity index (χ3v) is 3.49. The molecule has 0 unspecified atom stereocenters. The van der Waals surface area contributed by atoms with Crippen molar-refractivity contribution in [3.8, 4) is 0 Å². The van der Waals surface area contributed by atoms with Crippen LogP contribution in [0.25, 0.3) is 0 Å². The van der Waals surface area contributed by atoms with Gasteiger partial charge in [-0.25, -0.2) is 4.98 Å². The summed E-state index contributed by atoms with van der Waals surface area (Å²) in [4.78, 5) is 15.8. The SMILES string of the molecule is C[C@H](NCC(=O)Nc1cccnc1Cl)c1cccc(Cl)c1. The topological polar surface area (TPSA) is 54.0 Å². The molecule has 0 aliphatic heterocycles. The quantitative estimate of drug-likeness (QED) is 0.825. The number of nitrogens with zero attached hydrogens (tertiary/aromatic N) is 1. The van der Waals surface area contributed by atoms with Crippen molar-refractivity contribution in [3.63, 3.8) is 0 Å². The number of nitrogens with one attached hydrogen (secondary N) is 2. The maximum absolute atomic E-state index is 11.9. The number of benzene rings is 1. The lowest BCUT2D eigenvalue weighted by Gasteiger charge is -2.14. The molecule has 0 aliphatic carbocycles. The molecule has 4 nitrogen and oxygen atoms in total. The highest BCUT2D eigenvalue weighted by Crippen LogP contribution is 2.18. The Morgan fingerprint density at radius 1 is 1.29 bits per heavy atom. The molecule has 0 saturated heterocycles. The highest BCUT2D eigenvalue weighted by Gasteiger charge is 2.09. The van der Waals surface area contributed by atoms with Gasteiger partial charge in [-0.3, -0.25) is 4.79 Å². The van der Waals surface area contributed by atoms with Gasteiger partial charge in [0, 0.05) is 17.3 Å². The molecule has 0 saturated carbocycles. The summed E-state index contributed by atoms with van der Waals surface area (Å²) in [7, 11) is 0. The van der Waals surface area contributed by atoms with Crippen molar-refractivity contribution in [2.45, 2.75) is 13.0 Å². The molecule has 1 aromatic carbocycles. The van der Waals surface area contributed by atoms with Crippen LogP contribution in [-0.2, 0) is 4.79 Å². The van der Waals surface area contributed by atoms with E-state index in [1.54, 1.807) is 18.3 Å². The fourth-order valence-electron chi connectivity index (χ4n) is 1.81. The van der Waals surface area contributed by atoms with Gasteiger partial charge in [0.15, 0.2) is 5.15 Å². The van der Waals surface area contributed by atoms with Crippen LogP contribution in [0.1, 0.15) is 18.5 Å². The summed E-state index contributed by atoms with van der Waals surface area (Å²) in [5, 5.41) is 6.78. The normalized spacial score (nSPS) is 12.0. The van der Waals surface area contributed by atoms with Crippen LogP contribution in [-0.4, -0.2) is 17.4 Å². The molecule has 2 rings (SSSR count). The number of halogens is 2. The number of carbonyl (C=O) groups excluding carboxylic acids is 1. The van der Waals surface area contributed by atoms with Gasteiger partial charge in [-0.15, -0.1) is 0 Å². The van der Waals surface area contributed by atoms with Crippen molar-refractivity contribution >= 4 is 34.8 Å². The molecule has 2 N–H and O–H groups in total. The zero-order chi connectivity index (χ0) is 15.2. The van der Waals surface area contributed by atoms with Gasteiger partial charge in [0.25, 0.3) is 0 Å². The van der Waals surface area contributed by atoms with Crippen molar-refractivity contribution in [3.05, 3.63) is 58.3 Å². The van der Waals surface area contributed by atoms with E-state index in [1.165, 1.54) is 0 Å². The molecule has 21 heavy (non-hydrogen) atoms. The number of rotatable bonds is 5. The first-order valence-corrected chi connectivity index (χ1v) is 7.21. The van der Waals surface area contributed by atoms with E-state index in [-0.39, 0.29) is 23.6 Å². The summed E-state index contributed by atoms with van der Waals surface area (Å²) >= 11 is 11.8. The van der Waals surface area contributed by atoms with E-state index in [0.29, 0.717) is 10.7 Å². The second-order valence-corrected chi connectivity index (χ2v) is 5.34. The number of amides is 1. The van der Waals surface area contributed by atoms with Crippen LogP contribution >= 0.6 is 23.2 Å². The van der Waals surface area contributed by atoms with Crippen LogP contribution < -0.4 is 10.6 Å². The van der Waals surface area contributed by atoms with E-state index >= 15 is 0 Å². The average Bonchev–Trinajstić information content (AvgIpc) is 2.47. The fourth-order valence-corrected chi connectivity index (χ4v) is 2.18.